The van der Waals surface area contributed by atoms with Crippen LogP contribution < -0.4 is 14.4 Å². The average molecular weight is 512 g/mol. The minimum absolute atomic E-state index is 0.328. The number of H-pyrrole nitrogens is 1. The van der Waals surface area contributed by atoms with Crippen LogP contribution in [0.5, 0.6) is 11.5 Å². The number of hydrogen-bond donors (Lipinski definition) is 1. The lowest BCUT2D eigenvalue weighted by molar-refractivity contribution is -0.120. The summed E-state index contributed by atoms with van der Waals surface area (Å²) in [6.45, 7) is 0. The normalized spacial score (nSPS) is 18.4. The monoisotopic (exact) mass is 511 g/mol. The number of carbonyl (C=O) groups is 3. The quantitative estimate of drug-likeness (QED) is 0.314. The van der Waals surface area contributed by atoms with Gasteiger partial charge >= 0.3 is 12.0 Å². The van der Waals surface area contributed by atoms with Crippen LogP contribution in [0.15, 0.2) is 66.7 Å². The topological polar surface area (TPSA) is 101 Å². The number of benzene rings is 3. The summed E-state index contributed by atoms with van der Waals surface area (Å²) in [5.74, 6) is 0.126. The summed E-state index contributed by atoms with van der Waals surface area (Å²) < 4.78 is 15.6. The van der Waals surface area contributed by atoms with E-state index < -0.39 is 24.1 Å². The zero-order chi connectivity index (χ0) is 26.6. The summed E-state index contributed by atoms with van der Waals surface area (Å²) in [6, 6.07) is 18.1. The number of nitrogens with zero attached hydrogens (tertiary/aromatic N) is 2. The lowest BCUT2D eigenvalue weighted by atomic mass is 9.88. The molecule has 192 valence electrons. The molecule has 0 bridgehead atoms. The van der Waals surface area contributed by atoms with Crippen molar-refractivity contribution in [2.45, 2.75) is 18.5 Å². The third kappa shape index (κ3) is 3.42. The van der Waals surface area contributed by atoms with Gasteiger partial charge in [0.2, 0.25) is 0 Å². The molecule has 3 amide bonds. The van der Waals surface area contributed by atoms with E-state index in [1.54, 1.807) is 47.4 Å². The number of rotatable bonds is 5. The van der Waals surface area contributed by atoms with Crippen molar-refractivity contribution in [2.75, 3.05) is 26.2 Å². The molecular weight excluding hydrogens is 486 g/mol. The highest BCUT2D eigenvalue weighted by molar-refractivity contribution is 6.22. The van der Waals surface area contributed by atoms with Crippen molar-refractivity contribution < 1.29 is 28.6 Å². The van der Waals surface area contributed by atoms with Crippen molar-refractivity contribution >= 4 is 34.5 Å². The maximum atomic E-state index is 14.1. The minimum atomic E-state index is -0.716. The van der Waals surface area contributed by atoms with E-state index in [4.69, 9.17) is 14.2 Å². The van der Waals surface area contributed by atoms with Crippen LogP contribution in [0.2, 0.25) is 0 Å². The molecule has 0 spiro atoms. The van der Waals surface area contributed by atoms with Crippen LogP contribution in [-0.4, -0.2) is 55.2 Å². The molecule has 9 heteroatoms. The van der Waals surface area contributed by atoms with E-state index in [1.807, 2.05) is 24.3 Å². The number of aromatic amines is 1. The van der Waals surface area contributed by atoms with Gasteiger partial charge in [-0.3, -0.25) is 9.69 Å². The van der Waals surface area contributed by atoms with Crippen LogP contribution in [0, 0.1) is 0 Å². The van der Waals surface area contributed by atoms with Gasteiger partial charge in [-0.25, -0.2) is 14.5 Å². The van der Waals surface area contributed by atoms with Crippen molar-refractivity contribution in [3.05, 3.63) is 89.1 Å². The molecule has 4 aromatic rings. The molecule has 0 radical (unpaired) electrons. The van der Waals surface area contributed by atoms with E-state index in [0.29, 0.717) is 29.2 Å². The molecule has 6 rings (SSSR count). The molecule has 1 aromatic heterocycles. The largest absolute Gasteiger partial charge is 0.497 e. The number of carbonyl (C=O) groups excluding carboxylic acids is 3. The number of methoxy groups -OCH3 is 3. The number of ether oxygens (including phenoxy) is 3. The first kappa shape index (κ1) is 23.6. The fraction of sp³-hybridized carbons (Fsp3) is 0.207. The molecule has 2 unspecified atom stereocenters. The lowest BCUT2D eigenvalue weighted by Gasteiger charge is -2.36. The Kier molecular flexibility index (Phi) is 5.56. The number of amides is 3. The van der Waals surface area contributed by atoms with Crippen LogP contribution in [0.25, 0.3) is 10.9 Å². The Morgan fingerprint density at radius 1 is 0.947 bits per heavy atom. The summed E-state index contributed by atoms with van der Waals surface area (Å²) in [7, 11) is 4.35. The molecule has 1 fully saturated rings. The van der Waals surface area contributed by atoms with Crippen molar-refractivity contribution in [3.63, 3.8) is 0 Å². The van der Waals surface area contributed by atoms with Gasteiger partial charge in [0.25, 0.3) is 5.91 Å². The molecule has 2 atom stereocenters. The maximum absolute atomic E-state index is 14.1. The predicted molar refractivity (Wildman–Crippen MR) is 140 cm³/mol. The number of hydrogen-bond acceptors (Lipinski definition) is 6. The number of imide groups is 1. The molecule has 9 nitrogen and oxygen atoms in total. The Hall–Kier alpha value is -4.79. The second-order valence-corrected chi connectivity index (χ2v) is 9.20. The van der Waals surface area contributed by atoms with Gasteiger partial charge in [-0.15, -0.1) is 0 Å². The fourth-order valence-electron chi connectivity index (χ4n) is 5.53. The van der Waals surface area contributed by atoms with Crippen LogP contribution >= 0.6 is 0 Å². The maximum Gasteiger partial charge on any atom is 0.337 e. The predicted octanol–water partition coefficient (Wildman–Crippen LogP) is 4.45. The molecule has 3 heterocycles. The number of para-hydroxylation sites is 1. The van der Waals surface area contributed by atoms with E-state index >= 15 is 0 Å². The van der Waals surface area contributed by atoms with Crippen LogP contribution in [0.4, 0.5) is 10.5 Å². The van der Waals surface area contributed by atoms with Crippen molar-refractivity contribution in [3.8, 4) is 11.5 Å². The van der Waals surface area contributed by atoms with Crippen LogP contribution in [0.3, 0.4) is 0 Å². The number of nitrogens with one attached hydrogen (secondary N) is 1. The standard InChI is InChI=1S/C29H25N3O6/c1-36-18-12-13-22(24(14-18)37-2)32-27(33)23-15-20-19-6-4-5-7-21(19)30-25(20)26(31(23)29(32)35)16-8-10-17(11-9-16)28(34)38-3/h4-14,23,26,30H,15H2,1-3H3. The number of fused-ring (bicyclic) bond motifs is 4. The smallest absolute Gasteiger partial charge is 0.337 e. The molecule has 0 saturated carbocycles. The molecule has 2 aliphatic heterocycles. The summed E-state index contributed by atoms with van der Waals surface area (Å²) in [5.41, 5.74) is 4.29. The first-order valence-corrected chi connectivity index (χ1v) is 12.1. The van der Waals surface area contributed by atoms with Gasteiger partial charge in [0.05, 0.1) is 32.6 Å². The lowest BCUT2D eigenvalue weighted by Crippen LogP contribution is -2.44. The molecule has 1 saturated heterocycles. The van der Waals surface area contributed by atoms with E-state index in [1.165, 1.54) is 26.2 Å². The molecule has 2 aliphatic rings. The first-order chi connectivity index (χ1) is 18.5. The van der Waals surface area contributed by atoms with Gasteiger partial charge < -0.3 is 19.2 Å². The molecular formula is C29H25N3O6. The Labute approximate surface area is 218 Å². The Morgan fingerprint density at radius 3 is 2.42 bits per heavy atom. The number of esters is 1. The fourth-order valence-corrected chi connectivity index (χ4v) is 5.53. The van der Waals surface area contributed by atoms with E-state index in [2.05, 4.69) is 4.98 Å². The second kappa shape index (κ2) is 8.95. The second-order valence-electron chi connectivity index (χ2n) is 9.20. The zero-order valence-corrected chi connectivity index (χ0v) is 21.1. The van der Waals surface area contributed by atoms with Crippen molar-refractivity contribution in [2.24, 2.45) is 0 Å². The molecule has 1 N–H and O–H groups in total. The van der Waals surface area contributed by atoms with E-state index in [-0.39, 0.29) is 5.91 Å². The average Bonchev–Trinajstić information content (AvgIpc) is 3.45. The van der Waals surface area contributed by atoms with Gasteiger partial charge in [0.1, 0.15) is 23.6 Å². The van der Waals surface area contributed by atoms with Gasteiger partial charge in [-0.1, -0.05) is 30.3 Å². The summed E-state index contributed by atoms with van der Waals surface area (Å²) in [5, 5.41) is 1.01. The Morgan fingerprint density at radius 2 is 1.71 bits per heavy atom. The van der Waals surface area contributed by atoms with Crippen molar-refractivity contribution in [1.82, 2.24) is 9.88 Å². The van der Waals surface area contributed by atoms with Gasteiger partial charge in [-0.2, -0.15) is 0 Å². The van der Waals surface area contributed by atoms with E-state index in [9.17, 15) is 14.4 Å². The third-order valence-electron chi connectivity index (χ3n) is 7.32. The summed E-state index contributed by atoms with van der Waals surface area (Å²) in [6.07, 6.45) is 0.371. The molecule has 3 aromatic carbocycles. The Balaban J connectivity index is 1.50. The van der Waals surface area contributed by atoms with Crippen molar-refractivity contribution in [1.29, 1.82) is 0 Å². The third-order valence-corrected chi connectivity index (χ3v) is 7.32. The van der Waals surface area contributed by atoms with E-state index in [0.717, 1.165) is 27.7 Å². The van der Waals surface area contributed by atoms with Crippen LogP contribution in [-0.2, 0) is 16.0 Å². The number of urea groups is 1. The first-order valence-electron chi connectivity index (χ1n) is 12.1. The minimum Gasteiger partial charge on any atom is -0.497 e. The van der Waals surface area contributed by atoms with Gasteiger partial charge in [0.15, 0.2) is 0 Å². The Bertz CT molecular complexity index is 1590. The van der Waals surface area contributed by atoms with Gasteiger partial charge in [0, 0.05) is 29.1 Å². The van der Waals surface area contributed by atoms with Crippen LogP contribution in [0.1, 0.15) is 33.2 Å². The summed E-state index contributed by atoms with van der Waals surface area (Å²) in [4.78, 5) is 46.3. The number of aromatic nitrogens is 1. The summed E-state index contributed by atoms with van der Waals surface area (Å²) >= 11 is 0. The highest BCUT2D eigenvalue weighted by Gasteiger charge is 2.53. The number of anilines is 1. The van der Waals surface area contributed by atoms with Gasteiger partial charge in [-0.05, 0) is 41.5 Å². The molecule has 0 aliphatic carbocycles. The molecule has 38 heavy (non-hydrogen) atoms. The zero-order valence-electron chi connectivity index (χ0n) is 21.1. The SMILES string of the molecule is COC(=O)c1ccc(C2c3[nH]c4ccccc4c3CC3C(=O)N(c4ccc(OC)cc4OC)C(=O)N32)cc1. The highest BCUT2D eigenvalue weighted by atomic mass is 16.5. The highest BCUT2D eigenvalue weighted by Crippen LogP contribution is 2.46.